The summed E-state index contributed by atoms with van der Waals surface area (Å²) in [6.07, 6.45) is 3.99. The molecule has 15 heavy (non-hydrogen) atoms. The lowest BCUT2D eigenvalue weighted by Gasteiger charge is -1.88. The first-order chi connectivity index (χ1) is 7.40. The van der Waals surface area contributed by atoms with Gasteiger partial charge in [0.1, 0.15) is 0 Å². The van der Waals surface area contributed by atoms with Crippen molar-refractivity contribution in [2.24, 2.45) is 5.11 Å². The Kier molecular flexibility index (Phi) is 3.19. The Bertz CT molecular complexity index is 505. The molecule has 5 heteroatoms. The molecule has 0 amide bonds. The first-order valence-electron chi connectivity index (χ1n) is 4.24. The van der Waals surface area contributed by atoms with Crippen LogP contribution in [-0.2, 0) is 0 Å². The number of rotatable bonds is 3. The van der Waals surface area contributed by atoms with Crippen LogP contribution >= 0.6 is 22.7 Å². The molecule has 0 aliphatic rings. The van der Waals surface area contributed by atoms with Gasteiger partial charge in [-0.1, -0.05) is 11.2 Å². The second-order valence-corrected chi connectivity index (χ2v) is 4.64. The van der Waals surface area contributed by atoms with Gasteiger partial charge in [-0.3, -0.25) is 0 Å². The summed E-state index contributed by atoms with van der Waals surface area (Å²) in [4.78, 5) is 4.96. The van der Waals surface area contributed by atoms with E-state index in [1.807, 2.05) is 41.1 Å². The van der Waals surface area contributed by atoms with Crippen LogP contribution < -0.4 is 0 Å². The van der Waals surface area contributed by atoms with Gasteiger partial charge in [0, 0.05) is 14.7 Å². The van der Waals surface area contributed by atoms with Gasteiger partial charge in [-0.15, -0.1) is 22.7 Å². The van der Waals surface area contributed by atoms with Crippen LogP contribution in [0.4, 0.5) is 5.69 Å². The van der Waals surface area contributed by atoms with E-state index in [4.69, 9.17) is 5.53 Å². The smallest absolute Gasteiger partial charge is 0.0555 e. The molecule has 2 aromatic rings. The lowest BCUT2D eigenvalue weighted by Crippen LogP contribution is -1.61. The minimum atomic E-state index is 0.690. The summed E-state index contributed by atoms with van der Waals surface area (Å²) >= 11 is 3.24. The SMILES string of the molecule is [N-]=[N+]=Nc1ccsc1/C=C/c1cccs1. The van der Waals surface area contributed by atoms with E-state index < -0.39 is 0 Å². The van der Waals surface area contributed by atoms with Crippen molar-refractivity contribution >= 4 is 40.5 Å². The summed E-state index contributed by atoms with van der Waals surface area (Å²) in [5, 5.41) is 7.55. The van der Waals surface area contributed by atoms with Crippen LogP contribution in [0.3, 0.4) is 0 Å². The summed E-state index contributed by atoms with van der Waals surface area (Å²) in [6.45, 7) is 0. The van der Waals surface area contributed by atoms with Gasteiger partial charge < -0.3 is 0 Å². The molecular weight excluding hydrogens is 226 g/mol. The molecule has 0 aromatic carbocycles. The van der Waals surface area contributed by atoms with E-state index >= 15 is 0 Å². The molecule has 2 heterocycles. The second kappa shape index (κ2) is 4.79. The third kappa shape index (κ3) is 2.47. The number of hydrogen-bond donors (Lipinski definition) is 0. The molecule has 74 valence electrons. The molecule has 2 rings (SSSR count). The lowest BCUT2D eigenvalue weighted by molar-refractivity contribution is 1.51. The third-order valence-corrected chi connectivity index (χ3v) is 3.48. The number of hydrogen-bond acceptors (Lipinski definition) is 3. The Morgan fingerprint density at radius 3 is 2.87 bits per heavy atom. The van der Waals surface area contributed by atoms with Crippen LogP contribution in [0.1, 0.15) is 9.75 Å². The van der Waals surface area contributed by atoms with Gasteiger partial charge in [0.2, 0.25) is 0 Å². The Morgan fingerprint density at radius 2 is 2.13 bits per heavy atom. The van der Waals surface area contributed by atoms with Crippen molar-refractivity contribution in [1.29, 1.82) is 0 Å². The predicted octanol–water partition coefficient (Wildman–Crippen LogP) is 4.92. The van der Waals surface area contributed by atoms with Gasteiger partial charge >= 0.3 is 0 Å². The summed E-state index contributed by atoms with van der Waals surface area (Å²) in [5.41, 5.74) is 9.05. The Balaban J connectivity index is 2.24. The Hall–Kier alpha value is -1.55. The molecule has 0 aliphatic heterocycles. The molecule has 0 bridgehead atoms. The van der Waals surface area contributed by atoms with E-state index in [0.29, 0.717) is 5.69 Å². The lowest BCUT2D eigenvalue weighted by atomic mass is 10.3. The number of nitrogens with zero attached hydrogens (tertiary/aromatic N) is 3. The van der Waals surface area contributed by atoms with E-state index in [1.54, 1.807) is 22.7 Å². The highest BCUT2D eigenvalue weighted by Gasteiger charge is 1.97. The van der Waals surface area contributed by atoms with Crippen molar-refractivity contribution in [3.8, 4) is 0 Å². The van der Waals surface area contributed by atoms with Gasteiger partial charge in [-0.25, -0.2) is 0 Å². The summed E-state index contributed by atoms with van der Waals surface area (Å²) < 4.78 is 0. The molecular formula is C10H7N3S2. The topological polar surface area (TPSA) is 48.8 Å². The van der Waals surface area contributed by atoms with Crippen LogP contribution in [0.15, 0.2) is 34.1 Å². The van der Waals surface area contributed by atoms with Crippen molar-refractivity contribution in [3.63, 3.8) is 0 Å². The molecule has 0 saturated heterocycles. The molecule has 0 atom stereocenters. The van der Waals surface area contributed by atoms with Gasteiger partial charge in [0.05, 0.1) is 5.69 Å². The zero-order chi connectivity index (χ0) is 10.5. The normalized spacial score (nSPS) is 10.4. The fourth-order valence-corrected chi connectivity index (χ4v) is 2.45. The minimum absolute atomic E-state index is 0.690. The third-order valence-electron chi connectivity index (χ3n) is 1.77. The maximum Gasteiger partial charge on any atom is 0.0555 e. The van der Waals surface area contributed by atoms with E-state index in [0.717, 1.165) is 4.88 Å². The molecule has 0 saturated carbocycles. The maximum atomic E-state index is 8.36. The monoisotopic (exact) mass is 233 g/mol. The van der Waals surface area contributed by atoms with Crippen LogP contribution in [-0.4, -0.2) is 0 Å². The van der Waals surface area contributed by atoms with E-state index in [1.165, 1.54) is 4.88 Å². The Morgan fingerprint density at radius 1 is 1.20 bits per heavy atom. The molecule has 0 fully saturated rings. The largest absolute Gasteiger partial charge is 0.144 e. The average Bonchev–Trinajstić information content (AvgIpc) is 2.85. The van der Waals surface area contributed by atoms with E-state index in [2.05, 4.69) is 10.0 Å². The highest BCUT2D eigenvalue weighted by atomic mass is 32.1. The molecule has 3 nitrogen and oxygen atoms in total. The first kappa shape index (κ1) is 9.98. The fraction of sp³-hybridized carbons (Fsp3) is 0. The standard InChI is InChI=1S/C10H7N3S2/c11-13-12-9-5-7-15-10(9)4-3-8-2-1-6-14-8/h1-7H/b4-3+. The van der Waals surface area contributed by atoms with Gasteiger partial charge in [-0.2, -0.15) is 0 Å². The molecule has 0 aliphatic carbocycles. The summed E-state index contributed by atoms with van der Waals surface area (Å²) in [5.74, 6) is 0. The molecule has 0 radical (unpaired) electrons. The quantitative estimate of drug-likeness (QED) is 0.410. The predicted molar refractivity (Wildman–Crippen MR) is 66.4 cm³/mol. The molecule has 0 spiro atoms. The van der Waals surface area contributed by atoms with Crippen molar-refractivity contribution in [2.45, 2.75) is 0 Å². The maximum absolute atomic E-state index is 8.36. The summed E-state index contributed by atoms with van der Waals surface area (Å²) in [7, 11) is 0. The van der Waals surface area contributed by atoms with Gasteiger partial charge in [-0.05, 0) is 40.6 Å². The second-order valence-electron chi connectivity index (χ2n) is 2.71. The van der Waals surface area contributed by atoms with Crippen LogP contribution in [0.25, 0.3) is 22.6 Å². The van der Waals surface area contributed by atoms with Gasteiger partial charge in [0.25, 0.3) is 0 Å². The van der Waals surface area contributed by atoms with Crippen molar-refractivity contribution in [2.75, 3.05) is 0 Å². The summed E-state index contributed by atoms with van der Waals surface area (Å²) in [6, 6.07) is 5.87. The minimum Gasteiger partial charge on any atom is -0.144 e. The number of thiophene rings is 2. The first-order valence-corrected chi connectivity index (χ1v) is 6.00. The van der Waals surface area contributed by atoms with Gasteiger partial charge in [0.15, 0.2) is 0 Å². The Labute approximate surface area is 94.9 Å². The fourth-order valence-electron chi connectivity index (χ4n) is 1.11. The highest BCUT2D eigenvalue weighted by molar-refractivity contribution is 7.12. The highest BCUT2D eigenvalue weighted by Crippen LogP contribution is 2.27. The zero-order valence-electron chi connectivity index (χ0n) is 7.70. The van der Waals surface area contributed by atoms with Crippen LogP contribution in [0.2, 0.25) is 0 Å². The van der Waals surface area contributed by atoms with E-state index in [9.17, 15) is 0 Å². The molecule has 0 N–H and O–H groups in total. The number of azide groups is 1. The molecule has 0 unspecified atom stereocenters. The van der Waals surface area contributed by atoms with Crippen LogP contribution in [0, 0.1) is 0 Å². The van der Waals surface area contributed by atoms with Crippen LogP contribution in [0.5, 0.6) is 0 Å². The van der Waals surface area contributed by atoms with Crippen molar-refractivity contribution in [1.82, 2.24) is 0 Å². The molecule has 2 aromatic heterocycles. The van der Waals surface area contributed by atoms with Crippen molar-refractivity contribution in [3.05, 3.63) is 49.2 Å². The van der Waals surface area contributed by atoms with E-state index in [-0.39, 0.29) is 0 Å². The van der Waals surface area contributed by atoms with Crippen molar-refractivity contribution < 1.29 is 0 Å². The zero-order valence-corrected chi connectivity index (χ0v) is 9.33. The average molecular weight is 233 g/mol.